The maximum Gasteiger partial charge on any atom is 0.268 e. The Morgan fingerprint density at radius 3 is 3.19 bits per heavy atom. The van der Waals surface area contributed by atoms with Crippen LogP contribution >= 0.6 is 11.3 Å². The van der Waals surface area contributed by atoms with Crippen molar-refractivity contribution in [3.63, 3.8) is 0 Å². The highest BCUT2D eigenvalue weighted by atomic mass is 32.1. The van der Waals surface area contributed by atoms with Crippen LogP contribution < -0.4 is 10.3 Å². The molecule has 0 atom stereocenters. The molecule has 0 saturated heterocycles. The quantitative estimate of drug-likeness (QED) is 0.719. The van der Waals surface area contributed by atoms with E-state index < -0.39 is 0 Å². The lowest BCUT2D eigenvalue weighted by Gasteiger charge is -2.14. The molecule has 4 rings (SSSR count). The predicted octanol–water partition coefficient (Wildman–Crippen LogP) is 2.59. The highest BCUT2D eigenvalue weighted by Crippen LogP contribution is 2.26. The van der Waals surface area contributed by atoms with Gasteiger partial charge in [0.15, 0.2) is 0 Å². The third-order valence-electron chi connectivity index (χ3n) is 4.26. The Kier molecular flexibility index (Phi) is 4.30. The molecule has 132 valence electrons. The van der Waals surface area contributed by atoms with Crippen molar-refractivity contribution < 1.29 is 9.53 Å². The highest BCUT2D eigenvalue weighted by Gasteiger charge is 2.12. The molecule has 0 saturated carbocycles. The summed E-state index contributed by atoms with van der Waals surface area (Å²) in [6.07, 6.45) is 4.21. The Bertz CT molecular complexity index is 1070. The molecule has 0 spiro atoms. The first-order chi connectivity index (χ1) is 12.6. The van der Waals surface area contributed by atoms with E-state index in [1.807, 2.05) is 23.6 Å². The first-order valence-electron chi connectivity index (χ1n) is 8.25. The molecule has 0 unspecified atom stereocenters. The number of likely N-dealkylation sites (N-methyl/N-ethyl adjacent to an activating group) is 1. The zero-order chi connectivity index (χ0) is 18.1. The number of carbonyl (C=O) groups excluding carboxylic acids is 1. The molecule has 6 nitrogen and oxygen atoms in total. The maximum atomic E-state index is 12.3. The standard InChI is InChI=1S/C19H17N3O3S/c1-22(11-16-20-14-7-9-26-18(14)19(24)21-16)17(23)5-3-12-2-4-15-13(10-12)6-8-25-15/h2-5,7,9-10H,6,8,11H2,1H3,(H,20,21,24)/b5-3+. The fourth-order valence-corrected chi connectivity index (χ4v) is 3.63. The average molecular weight is 367 g/mol. The van der Waals surface area contributed by atoms with Gasteiger partial charge in [-0.05, 0) is 40.8 Å². The lowest BCUT2D eigenvalue weighted by Crippen LogP contribution is -2.26. The average Bonchev–Trinajstić information content (AvgIpc) is 3.28. The van der Waals surface area contributed by atoms with E-state index in [0.717, 1.165) is 17.7 Å². The molecule has 1 aliphatic rings. The number of hydrogen-bond acceptors (Lipinski definition) is 5. The van der Waals surface area contributed by atoms with Crippen LogP contribution in [0.25, 0.3) is 16.3 Å². The molecule has 7 heteroatoms. The van der Waals surface area contributed by atoms with Crippen LogP contribution in [0, 0.1) is 0 Å². The Hall–Kier alpha value is -2.93. The number of nitrogens with one attached hydrogen (secondary N) is 1. The summed E-state index contributed by atoms with van der Waals surface area (Å²) >= 11 is 1.36. The van der Waals surface area contributed by atoms with Crippen molar-refractivity contribution in [1.82, 2.24) is 14.9 Å². The SMILES string of the molecule is CN(Cc1nc2ccsc2c(=O)[nH]1)C(=O)/C=C/c1ccc2c(c1)CCO2. The van der Waals surface area contributed by atoms with Crippen molar-refractivity contribution in [2.24, 2.45) is 0 Å². The molecular formula is C19H17N3O3S. The molecule has 0 aliphatic carbocycles. The summed E-state index contributed by atoms with van der Waals surface area (Å²) in [5, 5.41) is 1.83. The summed E-state index contributed by atoms with van der Waals surface area (Å²) in [5.74, 6) is 1.24. The second kappa shape index (κ2) is 6.76. The number of rotatable bonds is 4. The lowest BCUT2D eigenvalue weighted by atomic mass is 10.1. The van der Waals surface area contributed by atoms with Crippen LogP contribution in [-0.2, 0) is 17.8 Å². The van der Waals surface area contributed by atoms with Crippen LogP contribution in [0.15, 0.2) is 40.5 Å². The zero-order valence-corrected chi connectivity index (χ0v) is 15.0. The number of ether oxygens (including phenoxy) is 1. The second-order valence-electron chi connectivity index (χ2n) is 6.14. The van der Waals surface area contributed by atoms with Gasteiger partial charge in [-0.15, -0.1) is 11.3 Å². The van der Waals surface area contributed by atoms with E-state index in [2.05, 4.69) is 9.97 Å². The number of amides is 1. The number of fused-ring (bicyclic) bond motifs is 2. The molecule has 1 aliphatic heterocycles. The van der Waals surface area contributed by atoms with Crippen molar-refractivity contribution in [3.05, 3.63) is 63.0 Å². The smallest absolute Gasteiger partial charge is 0.268 e. The first kappa shape index (κ1) is 16.5. The van der Waals surface area contributed by atoms with Gasteiger partial charge in [-0.2, -0.15) is 0 Å². The number of aromatic amines is 1. The first-order valence-corrected chi connectivity index (χ1v) is 9.13. The van der Waals surface area contributed by atoms with Crippen molar-refractivity contribution in [3.8, 4) is 5.75 Å². The normalized spacial score (nSPS) is 13.1. The zero-order valence-electron chi connectivity index (χ0n) is 14.2. The van der Waals surface area contributed by atoms with E-state index in [4.69, 9.17) is 4.74 Å². The third-order valence-corrected chi connectivity index (χ3v) is 5.16. The maximum absolute atomic E-state index is 12.3. The van der Waals surface area contributed by atoms with Gasteiger partial charge in [0.2, 0.25) is 5.91 Å². The summed E-state index contributed by atoms with van der Waals surface area (Å²) < 4.78 is 6.08. The molecule has 3 aromatic rings. The van der Waals surface area contributed by atoms with Gasteiger partial charge >= 0.3 is 0 Å². The van der Waals surface area contributed by atoms with Crippen molar-refractivity contribution in [2.45, 2.75) is 13.0 Å². The van der Waals surface area contributed by atoms with Gasteiger partial charge in [0.05, 0.1) is 18.7 Å². The minimum atomic E-state index is -0.170. The Balaban J connectivity index is 1.46. The third kappa shape index (κ3) is 3.25. The van der Waals surface area contributed by atoms with E-state index in [9.17, 15) is 9.59 Å². The Labute approximate surface area is 153 Å². The summed E-state index contributed by atoms with van der Waals surface area (Å²) in [6.45, 7) is 0.950. The molecule has 2 aromatic heterocycles. The fraction of sp³-hybridized carbons (Fsp3) is 0.211. The monoisotopic (exact) mass is 367 g/mol. The molecule has 1 amide bonds. The number of nitrogens with zero attached hydrogens (tertiary/aromatic N) is 2. The van der Waals surface area contributed by atoms with Gasteiger partial charge in [0.25, 0.3) is 5.56 Å². The number of carbonyl (C=O) groups is 1. The van der Waals surface area contributed by atoms with Crippen LogP contribution in [0.1, 0.15) is 17.0 Å². The van der Waals surface area contributed by atoms with E-state index in [1.165, 1.54) is 27.9 Å². The molecule has 26 heavy (non-hydrogen) atoms. The van der Waals surface area contributed by atoms with E-state index >= 15 is 0 Å². The summed E-state index contributed by atoms with van der Waals surface area (Å²) in [7, 11) is 1.68. The van der Waals surface area contributed by atoms with E-state index in [-0.39, 0.29) is 18.0 Å². The molecule has 1 aromatic carbocycles. The number of aromatic nitrogens is 2. The minimum Gasteiger partial charge on any atom is -0.493 e. The van der Waals surface area contributed by atoms with Crippen LogP contribution in [0.2, 0.25) is 0 Å². The largest absolute Gasteiger partial charge is 0.493 e. The van der Waals surface area contributed by atoms with Gasteiger partial charge in [-0.1, -0.05) is 6.07 Å². The van der Waals surface area contributed by atoms with Gasteiger partial charge in [0.1, 0.15) is 16.3 Å². The number of benzene rings is 1. The second-order valence-corrected chi connectivity index (χ2v) is 7.06. The van der Waals surface area contributed by atoms with Crippen LogP contribution in [-0.4, -0.2) is 34.4 Å². The Morgan fingerprint density at radius 1 is 1.42 bits per heavy atom. The van der Waals surface area contributed by atoms with Gasteiger partial charge in [-0.25, -0.2) is 4.98 Å². The van der Waals surface area contributed by atoms with Crippen molar-refractivity contribution in [1.29, 1.82) is 0 Å². The van der Waals surface area contributed by atoms with E-state index in [0.29, 0.717) is 22.6 Å². The predicted molar refractivity (Wildman–Crippen MR) is 101 cm³/mol. The van der Waals surface area contributed by atoms with Gasteiger partial charge < -0.3 is 14.6 Å². The molecule has 0 radical (unpaired) electrons. The summed E-state index contributed by atoms with van der Waals surface area (Å²) in [4.78, 5) is 33.0. The minimum absolute atomic E-state index is 0.158. The highest BCUT2D eigenvalue weighted by molar-refractivity contribution is 7.17. The molecular weight excluding hydrogens is 350 g/mol. The molecule has 0 fully saturated rings. The van der Waals surface area contributed by atoms with Crippen molar-refractivity contribution >= 4 is 33.5 Å². The van der Waals surface area contributed by atoms with Crippen molar-refractivity contribution in [2.75, 3.05) is 13.7 Å². The van der Waals surface area contributed by atoms with E-state index in [1.54, 1.807) is 19.2 Å². The number of H-pyrrole nitrogens is 1. The molecule has 1 N–H and O–H groups in total. The number of thiophene rings is 1. The van der Waals surface area contributed by atoms with Crippen LogP contribution in [0.5, 0.6) is 5.75 Å². The summed E-state index contributed by atoms with van der Waals surface area (Å²) in [6, 6.07) is 7.70. The topological polar surface area (TPSA) is 75.3 Å². The molecule has 0 bridgehead atoms. The Morgan fingerprint density at radius 2 is 2.31 bits per heavy atom. The van der Waals surface area contributed by atoms with Crippen LogP contribution in [0.3, 0.4) is 0 Å². The van der Waals surface area contributed by atoms with Gasteiger partial charge in [0, 0.05) is 19.5 Å². The fourth-order valence-electron chi connectivity index (χ4n) is 2.90. The summed E-state index contributed by atoms with van der Waals surface area (Å²) in [5.41, 5.74) is 2.61. The molecule has 3 heterocycles. The van der Waals surface area contributed by atoms with Crippen LogP contribution in [0.4, 0.5) is 0 Å². The lowest BCUT2D eigenvalue weighted by molar-refractivity contribution is -0.125. The number of hydrogen-bond donors (Lipinski definition) is 1. The van der Waals surface area contributed by atoms with Gasteiger partial charge in [-0.3, -0.25) is 9.59 Å².